The summed E-state index contributed by atoms with van der Waals surface area (Å²) in [6.45, 7) is 0. The van der Waals surface area contributed by atoms with E-state index in [0.29, 0.717) is 5.56 Å². The molecule has 0 saturated heterocycles. The van der Waals surface area contributed by atoms with E-state index in [4.69, 9.17) is 5.14 Å². The van der Waals surface area contributed by atoms with Crippen molar-refractivity contribution in [3.05, 3.63) is 54.1 Å². The topological polar surface area (TPSA) is 86.5 Å². The Morgan fingerprint density at radius 3 is 2.25 bits per heavy atom. The lowest BCUT2D eigenvalue weighted by Gasteiger charge is -2.09. The van der Waals surface area contributed by atoms with Gasteiger partial charge in [0, 0.05) is 0 Å². The second kappa shape index (κ2) is 5.44. The summed E-state index contributed by atoms with van der Waals surface area (Å²) in [6, 6.07) is 13.6. The fourth-order valence-corrected chi connectivity index (χ4v) is 2.60. The Morgan fingerprint density at radius 1 is 1.05 bits per heavy atom. The van der Waals surface area contributed by atoms with E-state index in [1.807, 2.05) is 30.3 Å². The molecule has 0 fully saturated rings. The van der Waals surface area contributed by atoms with E-state index in [2.05, 4.69) is 4.74 Å². The zero-order valence-electron chi connectivity index (χ0n) is 10.7. The molecule has 0 heterocycles. The summed E-state index contributed by atoms with van der Waals surface area (Å²) in [5, 5.41) is 5.16. The van der Waals surface area contributed by atoms with E-state index in [1.165, 1.54) is 19.2 Å². The third-order valence-electron chi connectivity index (χ3n) is 2.80. The van der Waals surface area contributed by atoms with Crippen LogP contribution in [0.5, 0.6) is 0 Å². The van der Waals surface area contributed by atoms with Crippen LogP contribution in [0.4, 0.5) is 0 Å². The highest BCUT2D eigenvalue weighted by Crippen LogP contribution is 2.25. The molecule has 0 saturated carbocycles. The van der Waals surface area contributed by atoms with Crippen LogP contribution in [0.2, 0.25) is 0 Å². The number of carbonyl (C=O) groups excluding carboxylic acids is 1. The Bertz CT molecular complexity index is 739. The van der Waals surface area contributed by atoms with Crippen LogP contribution in [0, 0.1) is 0 Å². The SMILES string of the molecule is COC(=O)c1ccc(-c2ccccc2)cc1S(N)(=O)=O. The van der Waals surface area contributed by atoms with Crippen molar-refractivity contribution in [1.82, 2.24) is 0 Å². The summed E-state index contributed by atoms with van der Waals surface area (Å²) in [4.78, 5) is 11.3. The normalized spacial score (nSPS) is 11.1. The largest absolute Gasteiger partial charge is 0.465 e. The van der Waals surface area contributed by atoms with Gasteiger partial charge in [0.2, 0.25) is 10.0 Å². The van der Waals surface area contributed by atoms with Gasteiger partial charge in [0.15, 0.2) is 0 Å². The van der Waals surface area contributed by atoms with Crippen LogP contribution in [0.3, 0.4) is 0 Å². The van der Waals surface area contributed by atoms with Crippen LogP contribution in [0.15, 0.2) is 53.4 Å². The molecule has 0 atom stereocenters. The van der Waals surface area contributed by atoms with Crippen LogP contribution in [-0.4, -0.2) is 21.5 Å². The molecule has 0 radical (unpaired) electrons. The summed E-state index contributed by atoms with van der Waals surface area (Å²) in [7, 11) is -2.84. The van der Waals surface area contributed by atoms with Crippen molar-refractivity contribution in [2.75, 3.05) is 7.11 Å². The summed E-state index contributed by atoms with van der Waals surface area (Å²) < 4.78 is 27.8. The van der Waals surface area contributed by atoms with Crippen molar-refractivity contribution in [3.8, 4) is 11.1 Å². The smallest absolute Gasteiger partial charge is 0.339 e. The predicted octanol–water partition coefficient (Wildman–Crippen LogP) is 1.79. The first-order chi connectivity index (χ1) is 9.43. The number of nitrogens with two attached hydrogens (primary N) is 1. The lowest BCUT2D eigenvalue weighted by Crippen LogP contribution is -2.17. The first-order valence-corrected chi connectivity index (χ1v) is 7.28. The molecule has 0 amide bonds. The van der Waals surface area contributed by atoms with Gasteiger partial charge in [-0.05, 0) is 23.3 Å². The van der Waals surface area contributed by atoms with Gasteiger partial charge in [-0.3, -0.25) is 0 Å². The highest BCUT2D eigenvalue weighted by molar-refractivity contribution is 7.89. The molecule has 0 aliphatic rings. The number of hydrogen-bond donors (Lipinski definition) is 1. The molecular formula is C14H13NO4S. The zero-order valence-corrected chi connectivity index (χ0v) is 11.6. The molecule has 2 N–H and O–H groups in total. The van der Waals surface area contributed by atoms with Gasteiger partial charge in [-0.15, -0.1) is 0 Å². The van der Waals surface area contributed by atoms with E-state index in [9.17, 15) is 13.2 Å². The van der Waals surface area contributed by atoms with Crippen molar-refractivity contribution in [2.24, 2.45) is 5.14 Å². The molecule has 2 aromatic rings. The Hall–Kier alpha value is -2.18. The molecule has 0 aromatic heterocycles. The minimum Gasteiger partial charge on any atom is -0.465 e. The standard InChI is InChI=1S/C14H13NO4S/c1-19-14(16)12-8-7-11(9-13(12)20(15,17)18)10-5-3-2-4-6-10/h2-9H,1H3,(H2,15,17,18). The minimum atomic E-state index is -4.02. The monoisotopic (exact) mass is 291 g/mol. The van der Waals surface area contributed by atoms with E-state index >= 15 is 0 Å². The molecule has 0 spiro atoms. The first kappa shape index (κ1) is 14.2. The number of ether oxygens (including phenoxy) is 1. The van der Waals surface area contributed by atoms with Gasteiger partial charge < -0.3 is 4.74 Å². The molecule has 2 aromatic carbocycles. The fraction of sp³-hybridized carbons (Fsp3) is 0.0714. The maximum absolute atomic E-state index is 11.6. The van der Waals surface area contributed by atoms with Crippen LogP contribution >= 0.6 is 0 Å². The molecule has 0 unspecified atom stereocenters. The molecule has 5 nitrogen and oxygen atoms in total. The van der Waals surface area contributed by atoms with Crippen LogP contribution < -0.4 is 5.14 Å². The lowest BCUT2D eigenvalue weighted by atomic mass is 10.0. The van der Waals surface area contributed by atoms with E-state index < -0.39 is 16.0 Å². The summed E-state index contributed by atoms with van der Waals surface area (Å²) in [6.07, 6.45) is 0. The first-order valence-electron chi connectivity index (χ1n) is 5.74. The van der Waals surface area contributed by atoms with Crippen LogP contribution in [-0.2, 0) is 14.8 Å². The van der Waals surface area contributed by atoms with Gasteiger partial charge in [-0.2, -0.15) is 0 Å². The number of benzene rings is 2. The maximum Gasteiger partial charge on any atom is 0.339 e. The number of carbonyl (C=O) groups is 1. The number of methoxy groups -OCH3 is 1. The van der Waals surface area contributed by atoms with Crippen molar-refractivity contribution in [1.29, 1.82) is 0 Å². The Balaban J connectivity index is 2.64. The van der Waals surface area contributed by atoms with Crippen LogP contribution in [0.1, 0.15) is 10.4 Å². The van der Waals surface area contributed by atoms with Gasteiger partial charge in [-0.1, -0.05) is 36.4 Å². The van der Waals surface area contributed by atoms with Crippen molar-refractivity contribution in [2.45, 2.75) is 4.90 Å². The molecule has 0 aliphatic heterocycles. The molecule has 2 rings (SSSR count). The fourth-order valence-electron chi connectivity index (χ4n) is 1.85. The third kappa shape index (κ3) is 2.87. The third-order valence-corrected chi connectivity index (χ3v) is 3.75. The maximum atomic E-state index is 11.6. The Kier molecular flexibility index (Phi) is 3.87. The molecule has 6 heteroatoms. The number of esters is 1. The van der Waals surface area contributed by atoms with Crippen LogP contribution in [0.25, 0.3) is 11.1 Å². The molecule has 104 valence electrons. The quantitative estimate of drug-likeness (QED) is 0.873. The van der Waals surface area contributed by atoms with Gasteiger partial charge in [0.05, 0.1) is 17.6 Å². The number of primary sulfonamides is 1. The molecule has 0 bridgehead atoms. The van der Waals surface area contributed by atoms with Crippen molar-refractivity contribution < 1.29 is 17.9 Å². The molecular weight excluding hydrogens is 278 g/mol. The van der Waals surface area contributed by atoms with E-state index in [1.54, 1.807) is 6.07 Å². The second-order valence-electron chi connectivity index (χ2n) is 4.11. The highest BCUT2D eigenvalue weighted by Gasteiger charge is 2.20. The van der Waals surface area contributed by atoms with Gasteiger partial charge in [0.1, 0.15) is 0 Å². The Labute approximate surface area is 117 Å². The number of sulfonamides is 1. The predicted molar refractivity (Wildman–Crippen MR) is 74.6 cm³/mol. The lowest BCUT2D eigenvalue weighted by molar-refractivity contribution is 0.0596. The number of rotatable bonds is 3. The average Bonchev–Trinajstić information content (AvgIpc) is 2.46. The van der Waals surface area contributed by atoms with E-state index in [0.717, 1.165) is 5.56 Å². The van der Waals surface area contributed by atoms with Crippen molar-refractivity contribution >= 4 is 16.0 Å². The summed E-state index contributed by atoms with van der Waals surface area (Å²) in [5.74, 6) is -0.742. The average molecular weight is 291 g/mol. The van der Waals surface area contributed by atoms with E-state index in [-0.39, 0.29) is 10.5 Å². The summed E-state index contributed by atoms with van der Waals surface area (Å²) in [5.41, 5.74) is 1.41. The molecule has 20 heavy (non-hydrogen) atoms. The number of hydrogen-bond acceptors (Lipinski definition) is 4. The van der Waals surface area contributed by atoms with Gasteiger partial charge in [-0.25, -0.2) is 18.4 Å². The summed E-state index contributed by atoms with van der Waals surface area (Å²) >= 11 is 0. The minimum absolute atomic E-state index is 0.0744. The Morgan fingerprint density at radius 2 is 1.70 bits per heavy atom. The van der Waals surface area contributed by atoms with Gasteiger partial charge >= 0.3 is 5.97 Å². The second-order valence-corrected chi connectivity index (χ2v) is 5.64. The van der Waals surface area contributed by atoms with Gasteiger partial charge in [0.25, 0.3) is 0 Å². The zero-order chi connectivity index (χ0) is 14.8. The van der Waals surface area contributed by atoms with Crippen molar-refractivity contribution in [3.63, 3.8) is 0 Å². The highest BCUT2D eigenvalue weighted by atomic mass is 32.2. The molecule has 0 aliphatic carbocycles.